The van der Waals surface area contributed by atoms with Gasteiger partial charge in [0.2, 0.25) is 6.29 Å². The van der Waals surface area contributed by atoms with Crippen LogP contribution in [0.4, 0.5) is 0 Å². The Labute approximate surface area is 269 Å². The van der Waals surface area contributed by atoms with Crippen molar-refractivity contribution in [1.82, 2.24) is 4.90 Å². The van der Waals surface area contributed by atoms with Crippen LogP contribution in [0.1, 0.15) is 77.3 Å². The van der Waals surface area contributed by atoms with Gasteiger partial charge in [-0.05, 0) is 81.4 Å². The minimum absolute atomic E-state index is 0.169. The van der Waals surface area contributed by atoms with E-state index in [1.165, 1.54) is 18.4 Å². The normalized spacial score (nSPS) is 45.5. The largest absolute Gasteiger partial charge is 0.482 e. The van der Waals surface area contributed by atoms with Gasteiger partial charge >= 0.3 is 5.97 Å². The fraction of sp³-hybridized carbons (Fsp3) is 0.800. The molecule has 12 atom stereocenters. The van der Waals surface area contributed by atoms with Crippen LogP contribution in [0, 0.1) is 22.7 Å². The van der Waals surface area contributed by atoms with Crippen LogP contribution in [0.5, 0.6) is 11.5 Å². The van der Waals surface area contributed by atoms with Gasteiger partial charge < -0.3 is 44.5 Å². The molecule has 3 aliphatic heterocycles. The number of nitrogens with zero attached hydrogens (tertiary/aromatic N) is 1. The van der Waals surface area contributed by atoms with Gasteiger partial charge in [0.25, 0.3) is 0 Å². The van der Waals surface area contributed by atoms with Crippen LogP contribution < -0.4 is 9.47 Å². The number of aliphatic carboxylic acids is 1. The zero-order chi connectivity index (χ0) is 32.8. The second-order valence-corrected chi connectivity index (χ2v) is 16.6. The third-order valence-corrected chi connectivity index (χ3v) is 13.9. The molecule has 46 heavy (non-hydrogen) atoms. The summed E-state index contributed by atoms with van der Waals surface area (Å²) in [6.07, 6.45) is -2.16. The zero-order valence-electron chi connectivity index (χ0n) is 27.4. The molecule has 0 aromatic heterocycles. The molecular weight excluding hydrogens is 594 g/mol. The minimum Gasteiger partial charge on any atom is -0.482 e. The van der Waals surface area contributed by atoms with Crippen molar-refractivity contribution in [3.8, 4) is 11.5 Å². The van der Waals surface area contributed by atoms with Crippen molar-refractivity contribution in [3.05, 3.63) is 23.3 Å². The van der Waals surface area contributed by atoms with Crippen LogP contribution in [0.25, 0.3) is 0 Å². The van der Waals surface area contributed by atoms with E-state index >= 15 is 0 Å². The highest BCUT2D eigenvalue weighted by Crippen LogP contribution is 2.78. The fourth-order valence-corrected chi connectivity index (χ4v) is 10.9. The van der Waals surface area contributed by atoms with Gasteiger partial charge in [-0.3, -0.25) is 4.90 Å². The van der Waals surface area contributed by atoms with Gasteiger partial charge in [0.15, 0.2) is 17.6 Å². The predicted molar refractivity (Wildman–Crippen MR) is 163 cm³/mol. The lowest BCUT2D eigenvalue weighted by Crippen LogP contribution is -2.83. The summed E-state index contributed by atoms with van der Waals surface area (Å²) < 4.78 is 25.5. The van der Waals surface area contributed by atoms with E-state index in [4.69, 9.17) is 18.9 Å². The highest BCUT2D eigenvalue weighted by atomic mass is 16.7. The maximum absolute atomic E-state index is 12.4. The van der Waals surface area contributed by atoms with Crippen LogP contribution >= 0.6 is 0 Å². The number of hydrogen-bond acceptors (Lipinski definition) is 10. The molecule has 2 unspecified atom stereocenters. The number of carboxylic acid groups (broad SMARTS) is 1. The van der Waals surface area contributed by atoms with Gasteiger partial charge in [0.1, 0.15) is 30.0 Å². The fourth-order valence-electron chi connectivity index (χ4n) is 10.9. The summed E-state index contributed by atoms with van der Waals surface area (Å²) in [5.41, 5.74) is -0.512. The van der Waals surface area contributed by atoms with E-state index in [0.29, 0.717) is 11.8 Å². The smallest absolute Gasteiger partial charge is 0.335 e. The van der Waals surface area contributed by atoms with Crippen LogP contribution in [0.3, 0.4) is 0 Å². The summed E-state index contributed by atoms with van der Waals surface area (Å²) in [7, 11) is 1.75. The van der Waals surface area contributed by atoms with E-state index < -0.39 is 59.4 Å². The van der Waals surface area contributed by atoms with Crippen molar-refractivity contribution in [1.29, 1.82) is 0 Å². The van der Waals surface area contributed by atoms with Gasteiger partial charge in [-0.1, -0.05) is 26.8 Å². The maximum atomic E-state index is 12.4. The molecular formula is C35H49NO10. The van der Waals surface area contributed by atoms with E-state index in [9.17, 15) is 30.3 Å². The first kappa shape index (κ1) is 31.3. The highest BCUT2D eigenvalue weighted by molar-refractivity contribution is 5.73. The second-order valence-electron chi connectivity index (χ2n) is 16.6. The lowest BCUT2D eigenvalue weighted by atomic mass is 9.33. The van der Waals surface area contributed by atoms with E-state index in [1.54, 1.807) is 13.2 Å². The Morgan fingerprint density at radius 1 is 1.07 bits per heavy atom. The molecule has 0 radical (unpaired) electrons. The molecule has 4 saturated carbocycles. The number of methoxy groups -OCH3 is 1. The first-order valence-electron chi connectivity index (χ1n) is 17.1. The summed E-state index contributed by atoms with van der Waals surface area (Å²) >= 11 is 0. The number of aliphatic hydroxyl groups excluding tert-OH is 3. The molecule has 254 valence electrons. The zero-order valence-corrected chi connectivity index (χ0v) is 27.4. The molecule has 11 nitrogen and oxygen atoms in total. The number of likely N-dealkylation sites (tertiary alicyclic amines) is 1. The van der Waals surface area contributed by atoms with E-state index in [0.717, 1.165) is 56.7 Å². The van der Waals surface area contributed by atoms with E-state index in [1.807, 2.05) is 6.92 Å². The van der Waals surface area contributed by atoms with Gasteiger partial charge in [0, 0.05) is 42.0 Å². The maximum Gasteiger partial charge on any atom is 0.335 e. The van der Waals surface area contributed by atoms with Crippen molar-refractivity contribution in [2.45, 2.75) is 132 Å². The number of aliphatic hydroxyl groups is 4. The standard InChI is InChI=1S/C35H49NO10/c1-31(2,3)32(4,42)20-15-33-10-11-35(20,43-5)30-34(33)12-13-36(16-17-6-7-17)21(33)14-18-8-9-19(26(46-30)22(18)34)44-29-25(39)23(37)24(38)27(45-29)28(40)41/h8-9,17,20-21,23-25,27,29-30,37-39,42H,6-7,10-16H2,1-5H3,(H,40,41)/t20-,21-,23?,24+,25-,27?,29-,30-,32+,33-,34+,35+/m1/s1. The molecule has 2 saturated heterocycles. The first-order valence-corrected chi connectivity index (χ1v) is 17.1. The summed E-state index contributed by atoms with van der Waals surface area (Å²) in [5, 5.41) is 53.6. The van der Waals surface area contributed by atoms with Crippen LogP contribution in [0.15, 0.2) is 12.1 Å². The topological polar surface area (TPSA) is 158 Å². The number of piperidine rings is 1. The van der Waals surface area contributed by atoms with Gasteiger partial charge in [0.05, 0.1) is 5.60 Å². The molecule has 1 aromatic rings. The quantitative estimate of drug-likeness (QED) is 0.296. The number of hydrogen-bond donors (Lipinski definition) is 5. The average Bonchev–Trinajstić information content (AvgIpc) is 3.75. The summed E-state index contributed by atoms with van der Waals surface area (Å²) in [6.45, 7) is 10.3. The Morgan fingerprint density at radius 2 is 1.80 bits per heavy atom. The van der Waals surface area contributed by atoms with Gasteiger partial charge in [-0.15, -0.1) is 0 Å². The van der Waals surface area contributed by atoms with Crippen LogP contribution in [-0.4, -0.2) is 111 Å². The Hall–Kier alpha value is -1.99. The minimum atomic E-state index is -1.81. The van der Waals surface area contributed by atoms with Crippen molar-refractivity contribution >= 4 is 5.97 Å². The number of ether oxygens (including phenoxy) is 4. The second kappa shape index (κ2) is 9.80. The van der Waals surface area contributed by atoms with Crippen LogP contribution in [-0.2, 0) is 26.1 Å². The Kier molecular flexibility index (Phi) is 6.67. The highest BCUT2D eigenvalue weighted by Gasteiger charge is 2.82. The van der Waals surface area contributed by atoms with Crippen molar-refractivity contribution in [3.63, 3.8) is 0 Å². The van der Waals surface area contributed by atoms with Gasteiger partial charge in [-0.25, -0.2) is 4.79 Å². The first-order chi connectivity index (χ1) is 21.6. The summed E-state index contributed by atoms with van der Waals surface area (Å²) in [4.78, 5) is 14.5. The van der Waals surface area contributed by atoms with E-state index in [2.05, 4.69) is 31.7 Å². The molecule has 1 aromatic carbocycles. The molecule has 4 bridgehead atoms. The molecule has 9 rings (SSSR count). The molecule has 0 amide bonds. The third-order valence-electron chi connectivity index (χ3n) is 13.9. The Balaban J connectivity index is 1.27. The number of rotatable bonds is 7. The molecule has 5 aliphatic carbocycles. The number of carbonyl (C=O) groups is 1. The number of carboxylic acids is 1. The molecule has 8 aliphatic rings. The third kappa shape index (κ3) is 3.76. The monoisotopic (exact) mass is 643 g/mol. The molecule has 6 fully saturated rings. The Morgan fingerprint density at radius 3 is 2.46 bits per heavy atom. The average molecular weight is 644 g/mol. The molecule has 11 heteroatoms. The summed E-state index contributed by atoms with van der Waals surface area (Å²) in [5.74, 6) is -0.0821. The SMILES string of the molecule is CO[C@@]12CC[C@@]3(C[C@@H]1[C@](C)(O)C(C)(C)C)[C@H]1Cc4ccc(O[C@@H]5OC(C(=O)O)[C@@H](O)C(O)[C@H]5O)c5c4[C@@]3(CCN1CC1CC1)[C@H]2O5. The van der Waals surface area contributed by atoms with Crippen LogP contribution in [0.2, 0.25) is 0 Å². The molecule has 5 N–H and O–H groups in total. The van der Waals surface area contributed by atoms with Crippen molar-refractivity contribution < 1.29 is 49.3 Å². The Bertz CT molecular complexity index is 1440. The predicted octanol–water partition coefficient (Wildman–Crippen LogP) is 1.98. The summed E-state index contributed by atoms with van der Waals surface area (Å²) in [6, 6.07) is 4.14. The lowest BCUT2D eigenvalue weighted by molar-refractivity contribution is -0.312. The van der Waals surface area contributed by atoms with Crippen molar-refractivity contribution in [2.75, 3.05) is 20.2 Å². The molecule has 3 heterocycles. The number of fused-ring (bicyclic) bond motifs is 2. The van der Waals surface area contributed by atoms with Gasteiger partial charge in [-0.2, -0.15) is 0 Å². The lowest BCUT2D eigenvalue weighted by Gasteiger charge is -2.75. The number of benzene rings is 1. The van der Waals surface area contributed by atoms with E-state index in [-0.39, 0.29) is 22.5 Å². The van der Waals surface area contributed by atoms with Crippen molar-refractivity contribution in [2.24, 2.45) is 22.7 Å². The molecule has 2 spiro atoms.